The van der Waals surface area contributed by atoms with Crippen molar-refractivity contribution in [3.8, 4) is 5.75 Å². The lowest BCUT2D eigenvalue weighted by molar-refractivity contribution is 0.103. The molecule has 0 radical (unpaired) electrons. The zero-order valence-electron chi connectivity index (χ0n) is 13.6. The van der Waals surface area contributed by atoms with Gasteiger partial charge in [-0.15, -0.1) is 0 Å². The van der Waals surface area contributed by atoms with E-state index < -0.39 is 0 Å². The molecule has 0 aromatic heterocycles. The minimum absolute atomic E-state index is 0.0823. The van der Waals surface area contributed by atoms with Crippen LogP contribution in [-0.4, -0.2) is 12.9 Å². The predicted octanol–water partition coefficient (Wildman–Crippen LogP) is 4.47. The van der Waals surface area contributed by atoms with Crippen LogP contribution in [0.4, 0.5) is 0 Å². The molecule has 0 N–H and O–H groups in total. The standard InChI is InChI=1S/C19H22O2/c1-11-7-12(2)17(13(3)8-11)18(20)16-9-14(4)19(21-6)15(5)10-16/h7-10H,1-6H3. The van der Waals surface area contributed by atoms with Crippen LogP contribution in [0.5, 0.6) is 5.75 Å². The molecular formula is C19H22O2. The Morgan fingerprint density at radius 3 is 1.71 bits per heavy atom. The van der Waals surface area contributed by atoms with E-state index in [1.165, 1.54) is 5.56 Å². The summed E-state index contributed by atoms with van der Waals surface area (Å²) in [7, 11) is 1.66. The highest BCUT2D eigenvalue weighted by Crippen LogP contribution is 2.27. The molecule has 0 fully saturated rings. The van der Waals surface area contributed by atoms with Gasteiger partial charge in [0, 0.05) is 11.1 Å². The zero-order chi connectivity index (χ0) is 15.7. The summed E-state index contributed by atoms with van der Waals surface area (Å²) >= 11 is 0. The van der Waals surface area contributed by atoms with Crippen molar-refractivity contribution in [1.82, 2.24) is 0 Å². The second-order valence-corrected chi connectivity index (χ2v) is 5.75. The molecule has 110 valence electrons. The summed E-state index contributed by atoms with van der Waals surface area (Å²) in [5.74, 6) is 0.933. The van der Waals surface area contributed by atoms with Gasteiger partial charge in [0.15, 0.2) is 5.78 Å². The van der Waals surface area contributed by atoms with Crippen molar-refractivity contribution in [1.29, 1.82) is 0 Å². The monoisotopic (exact) mass is 282 g/mol. The number of hydrogen-bond acceptors (Lipinski definition) is 2. The third kappa shape index (κ3) is 2.85. The Morgan fingerprint density at radius 2 is 1.29 bits per heavy atom. The molecular weight excluding hydrogens is 260 g/mol. The van der Waals surface area contributed by atoms with Gasteiger partial charge in [0.2, 0.25) is 0 Å². The molecule has 0 unspecified atom stereocenters. The van der Waals surface area contributed by atoms with E-state index in [2.05, 4.69) is 19.1 Å². The van der Waals surface area contributed by atoms with Crippen molar-refractivity contribution in [3.05, 3.63) is 63.2 Å². The summed E-state index contributed by atoms with van der Waals surface area (Å²) in [6, 6.07) is 7.94. The highest BCUT2D eigenvalue weighted by Gasteiger charge is 2.17. The molecule has 0 heterocycles. The van der Waals surface area contributed by atoms with E-state index in [0.29, 0.717) is 0 Å². The fourth-order valence-corrected chi connectivity index (χ4v) is 3.09. The van der Waals surface area contributed by atoms with Crippen molar-refractivity contribution >= 4 is 5.78 Å². The maximum Gasteiger partial charge on any atom is 0.193 e. The molecule has 2 rings (SSSR count). The van der Waals surface area contributed by atoms with Gasteiger partial charge in [-0.05, 0) is 69.0 Å². The van der Waals surface area contributed by atoms with E-state index >= 15 is 0 Å². The molecule has 0 aliphatic rings. The van der Waals surface area contributed by atoms with Gasteiger partial charge >= 0.3 is 0 Å². The number of ether oxygens (including phenoxy) is 1. The number of carbonyl (C=O) groups is 1. The molecule has 2 aromatic carbocycles. The van der Waals surface area contributed by atoms with Crippen molar-refractivity contribution in [3.63, 3.8) is 0 Å². The number of hydrogen-bond donors (Lipinski definition) is 0. The number of ketones is 1. The third-order valence-electron chi connectivity index (χ3n) is 3.83. The van der Waals surface area contributed by atoms with Gasteiger partial charge in [-0.2, -0.15) is 0 Å². The maximum absolute atomic E-state index is 12.9. The number of rotatable bonds is 3. The fourth-order valence-electron chi connectivity index (χ4n) is 3.09. The largest absolute Gasteiger partial charge is 0.496 e. The topological polar surface area (TPSA) is 26.3 Å². The number of aryl methyl sites for hydroxylation is 5. The average Bonchev–Trinajstić information content (AvgIpc) is 2.36. The van der Waals surface area contributed by atoms with Crippen LogP contribution in [0.15, 0.2) is 24.3 Å². The first-order chi connectivity index (χ1) is 9.85. The van der Waals surface area contributed by atoms with Crippen molar-refractivity contribution in [2.45, 2.75) is 34.6 Å². The van der Waals surface area contributed by atoms with E-state index in [0.717, 1.165) is 39.1 Å². The lowest BCUT2D eigenvalue weighted by Crippen LogP contribution is -2.08. The normalized spacial score (nSPS) is 10.6. The maximum atomic E-state index is 12.9. The van der Waals surface area contributed by atoms with Gasteiger partial charge in [-0.1, -0.05) is 17.7 Å². The SMILES string of the molecule is COc1c(C)cc(C(=O)c2c(C)cc(C)cc2C)cc1C. The minimum atomic E-state index is 0.0823. The summed E-state index contributed by atoms with van der Waals surface area (Å²) in [6.07, 6.45) is 0. The molecule has 2 aromatic rings. The summed E-state index contributed by atoms with van der Waals surface area (Å²) in [5, 5.41) is 0. The Kier molecular flexibility index (Phi) is 4.17. The second-order valence-electron chi connectivity index (χ2n) is 5.75. The van der Waals surface area contributed by atoms with Crippen LogP contribution in [0.2, 0.25) is 0 Å². The highest BCUT2D eigenvalue weighted by molar-refractivity contribution is 6.11. The molecule has 2 heteroatoms. The van der Waals surface area contributed by atoms with E-state index in [-0.39, 0.29) is 5.78 Å². The Hall–Kier alpha value is -2.09. The summed E-state index contributed by atoms with van der Waals surface area (Å²) in [6.45, 7) is 9.98. The zero-order valence-corrected chi connectivity index (χ0v) is 13.6. The summed E-state index contributed by atoms with van der Waals surface area (Å²) < 4.78 is 5.37. The van der Waals surface area contributed by atoms with E-state index in [9.17, 15) is 4.79 Å². The summed E-state index contributed by atoms with van der Waals surface area (Å²) in [5.41, 5.74) is 6.76. The Morgan fingerprint density at radius 1 is 0.810 bits per heavy atom. The van der Waals surface area contributed by atoms with Crippen molar-refractivity contribution in [2.24, 2.45) is 0 Å². The Balaban J connectivity index is 2.56. The first-order valence-electron chi connectivity index (χ1n) is 7.13. The van der Waals surface area contributed by atoms with Crippen LogP contribution >= 0.6 is 0 Å². The molecule has 0 amide bonds. The van der Waals surface area contributed by atoms with Gasteiger partial charge < -0.3 is 4.74 Å². The van der Waals surface area contributed by atoms with Gasteiger partial charge in [-0.25, -0.2) is 0 Å². The van der Waals surface area contributed by atoms with Gasteiger partial charge in [0.1, 0.15) is 5.75 Å². The molecule has 0 atom stereocenters. The molecule has 0 aliphatic carbocycles. The van der Waals surface area contributed by atoms with Crippen LogP contribution in [0.1, 0.15) is 43.7 Å². The van der Waals surface area contributed by atoms with E-state index in [1.807, 2.05) is 39.8 Å². The molecule has 0 bridgehead atoms. The smallest absolute Gasteiger partial charge is 0.193 e. The number of methoxy groups -OCH3 is 1. The molecule has 0 spiro atoms. The van der Waals surface area contributed by atoms with E-state index in [4.69, 9.17) is 4.74 Å². The number of benzene rings is 2. The summed E-state index contributed by atoms with van der Waals surface area (Å²) in [4.78, 5) is 12.9. The van der Waals surface area contributed by atoms with Crippen LogP contribution in [-0.2, 0) is 0 Å². The van der Waals surface area contributed by atoms with Gasteiger partial charge in [0.05, 0.1) is 7.11 Å². The van der Waals surface area contributed by atoms with E-state index in [1.54, 1.807) is 7.11 Å². The molecule has 0 saturated heterocycles. The van der Waals surface area contributed by atoms with Crippen LogP contribution in [0.25, 0.3) is 0 Å². The number of carbonyl (C=O) groups excluding carboxylic acids is 1. The van der Waals surface area contributed by atoms with Crippen LogP contribution in [0.3, 0.4) is 0 Å². The Bertz CT molecular complexity index is 665. The lowest BCUT2D eigenvalue weighted by Gasteiger charge is -2.13. The molecule has 21 heavy (non-hydrogen) atoms. The van der Waals surface area contributed by atoms with Crippen molar-refractivity contribution in [2.75, 3.05) is 7.11 Å². The van der Waals surface area contributed by atoms with Crippen LogP contribution in [0, 0.1) is 34.6 Å². The third-order valence-corrected chi connectivity index (χ3v) is 3.83. The second kappa shape index (κ2) is 5.72. The minimum Gasteiger partial charge on any atom is -0.496 e. The average molecular weight is 282 g/mol. The Labute approximate surface area is 126 Å². The van der Waals surface area contributed by atoms with Crippen LogP contribution < -0.4 is 4.74 Å². The van der Waals surface area contributed by atoms with Crippen molar-refractivity contribution < 1.29 is 9.53 Å². The predicted molar refractivity (Wildman–Crippen MR) is 86.6 cm³/mol. The molecule has 2 nitrogen and oxygen atoms in total. The van der Waals surface area contributed by atoms with Gasteiger partial charge in [0.25, 0.3) is 0 Å². The molecule has 0 aliphatic heterocycles. The molecule has 0 saturated carbocycles. The fraction of sp³-hybridized carbons (Fsp3) is 0.316. The quantitative estimate of drug-likeness (QED) is 0.776. The van der Waals surface area contributed by atoms with Gasteiger partial charge in [-0.3, -0.25) is 4.79 Å². The lowest BCUT2D eigenvalue weighted by atomic mass is 9.91. The first-order valence-corrected chi connectivity index (χ1v) is 7.13. The first kappa shape index (κ1) is 15.3. The highest BCUT2D eigenvalue weighted by atomic mass is 16.5.